The summed E-state index contributed by atoms with van der Waals surface area (Å²) in [6, 6.07) is 6.69. The van der Waals surface area contributed by atoms with Crippen LogP contribution in [0.2, 0.25) is 0 Å². The van der Waals surface area contributed by atoms with Gasteiger partial charge in [0.2, 0.25) is 0 Å². The number of ketones is 1. The van der Waals surface area contributed by atoms with Crippen LogP contribution in [-0.4, -0.2) is 48.6 Å². The zero-order valence-corrected chi connectivity index (χ0v) is 15.8. The van der Waals surface area contributed by atoms with E-state index < -0.39 is 17.7 Å². The lowest BCUT2D eigenvalue weighted by Crippen LogP contribution is -2.33. The molecule has 26 heavy (non-hydrogen) atoms. The third-order valence-electron chi connectivity index (χ3n) is 4.24. The number of methoxy groups -OCH3 is 1. The number of ether oxygens (including phenoxy) is 2. The van der Waals surface area contributed by atoms with Crippen molar-refractivity contribution in [1.82, 2.24) is 4.90 Å². The minimum absolute atomic E-state index is 0.157. The predicted octanol–water partition coefficient (Wildman–Crippen LogP) is 3.04. The molecule has 0 saturated heterocycles. The number of carbonyl (C=O) groups excluding carboxylic acids is 2. The maximum atomic E-state index is 12.5. The SMILES string of the molecule is CCC(=O)C1=C(O)C(=O)N(CCOC)C1c1ccc(OCC(C)C)cc1. The predicted molar refractivity (Wildman–Crippen MR) is 98.1 cm³/mol. The van der Waals surface area contributed by atoms with Gasteiger partial charge in [-0.25, -0.2) is 0 Å². The van der Waals surface area contributed by atoms with Crippen molar-refractivity contribution in [1.29, 1.82) is 0 Å². The van der Waals surface area contributed by atoms with Crippen molar-refractivity contribution in [3.8, 4) is 5.75 Å². The number of hydrogen-bond acceptors (Lipinski definition) is 5. The van der Waals surface area contributed by atoms with E-state index >= 15 is 0 Å². The fourth-order valence-corrected chi connectivity index (χ4v) is 2.90. The van der Waals surface area contributed by atoms with Gasteiger partial charge in [-0.05, 0) is 23.6 Å². The molecule has 1 aromatic rings. The van der Waals surface area contributed by atoms with Crippen molar-refractivity contribution < 1.29 is 24.2 Å². The number of carbonyl (C=O) groups is 2. The van der Waals surface area contributed by atoms with Crippen molar-refractivity contribution >= 4 is 11.7 Å². The average Bonchev–Trinajstić information content (AvgIpc) is 2.89. The molecule has 1 unspecified atom stereocenters. The van der Waals surface area contributed by atoms with Crippen molar-refractivity contribution in [2.24, 2.45) is 5.92 Å². The van der Waals surface area contributed by atoms with E-state index in [0.717, 1.165) is 11.3 Å². The first-order chi connectivity index (χ1) is 12.4. The summed E-state index contributed by atoms with van der Waals surface area (Å²) in [6.07, 6.45) is 0.219. The number of amides is 1. The van der Waals surface area contributed by atoms with Gasteiger partial charge in [-0.1, -0.05) is 32.9 Å². The molecule has 0 radical (unpaired) electrons. The number of aliphatic hydroxyl groups is 1. The van der Waals surface area contributed by atoms with E-state index in [1.807, 2.05) is 24.3 Å². The molecule has 6 heteroatoms. The summed E-state index contributed by atoms with van der Waals surface area (Å²) in [5.74, 6) is -0.0879. The first-order valence-corrected chi connectivity index (χ1v) is 8.89. The standard InChI is InChI=1S/C20H27NO5/c1-5-16(22)17-18(21(10-11-25-4)20(24)19(17)23)14-6-8-15(9-7-14)26-12-13(2)3/h6-9,13,18,23H,5,10-12H2,1-4H3. The molecule has 1 atom stereocenters. The van der Waals surface area contributed by atoms with E-state index in [0.29, 0.717) is 19.1 Å². The van der Waals surface area contributed by atoms with Gasteiger partial charge in [0.15, 0.2) is 11.5 Å². The lowest BCUT2D eigenvalue weighted by atomic mass is 9.95. The molecule has 1 amide bonds. The Labute approximate surface area is 154 Å². The van der Waals surface area contributed by atoms with Crippen LogP contribution in [0.3, 0.4) is 0 Å². The van der Waals surface area contributed by atoms with Gasteiger partial charge in [-0.3, -0.25) is 9.59 Å². The molecule has 1 aliphatic rings. The van der Waals surface area contributed by atoms with Gasteiger partial charge in [-0.15, -0.1) is 0 Å². The molecule has 0 fully saturated rings. The lowest BCUT2D eigenvalue weighted by molar-refractivity contribution is -0.130. The van der Waals surface area contributed by atoms with E-state index in [9.17, 15) is 14.7 Å². The molecule has 1 aromatic carbocycles. The van der Waals surface area contributed by atoms with E-state index in [1.54, 1.807) is 14.0 Å². The largest absolute Gasteiger partial charge is 0.503 e. The first-order valence-electron chi connectivity index (χ1n) is 8.89. The Balaban J connectivity index is 2.33. The number of benzene rings is 1. The van der Waals surface area contributed by atoms with Crippen LogP contribution in [0, 0.1) is 5.92 Å². The van der Waals surface area contributed by atoms with Crippen molar-refractivity contribution in [2.45, 2.75) is 33.2 Å². The molecule has 1 heterocycles. The molecule has 1 N–H and O–H groups in total. The molecule has 6 nitrogen and oxygen atoms in total. The normalized spacial score (nSPS) is 17.3. The molecular formula is C20H27NO5. The summed E-state index contributed by atoms with van der Waals surface area (Å²) in [5, 5.41) is 10.3. The summed E-state index contributed by atoms with van der Waals surface area (Å²) >= 11 is 0. The highest BCUT2D eigenvalue weighted by atomic mass is 16.5. The van der Waals surface area contributed by atoms with Crippen LogP contribution in [-0.2, 0) is 14.3 Å². The third kappa shape index (κ3) is 4.25. The second-order valence-electron chi connectivity index (χ2n) is 6.71. The van der Waals surface area contributed by atoms with Gasteiger partial charge in [-0.2, -0.15) is 0 Å². The number of nitrogens with zero attached hydrogens (tertiary/aromatic N) is 1. The van der Waals surface area contributed by atoms with Crippen molar-refractivity contribution in [2.75, 3.05) is 26.9 Å². The summed E-state index contributed by atoms with van der Waals surface area (Å²) in [6.45, 7) is 7.08. The highest BCUT2D eigenvalue weighted by Gasteiger charge is 2.42. The van der Waals surface area contributed by atoms with Crippen LogP contribution in [0.25, 0.3) is 0 Å². The fourth-order valence-electron chi connectivity index (χ4n) is 2.90. The van der Waals surface area contributed by atoms with Crippen LogP contribution in [0.4, 0.5) is 0 Å². The quantitative estimate of drug-likeness (QED) is 0.732. The first kappa shape index (κ1) is 20.0. The molecule has 0 aliphatic carbocycles. The van der Waals surface area contributed by atoms with Crippen LogP contribution in [0.15, 0.2) is 35.6 Å². The van der Waals surface area contributed by atoms with Gasteiger partial charge in [0.1, 0.15) is 5.75 Å². The zero-order chi connectivity index (χ0) is 19.3. The van der Waals surface area contributed by atoms with Crippen LogP contribution >= 0.6 is 0 Å². The van der Waals surface area contributed by atoms with Gasteiger partial charge in [0.05, 0.1) is 24.8 Å². The molecule has 0 spiro atoms. The smallest absolute Gasteiger partial charge is 0.290 e. The highest BCUT2D eigenvalue weighted by Crippen LogP contribution is 2.38. The van der Waals surface area contributed by atoms with Crippen LogP contribution < -0.4 is 4.74 Å². The van der Waals surface area contributed by atoms with Crippen LogP contribution in [0.1, 0.15) is 38.8 Å². The molecule has 1 aliphatic heterocycles. The van der Waals surface area contributed by atoms with Crippen molar-refractivity contribution in [3.05, 3.63) is 41.2 Å². The maximum Gasteiger partial charge on any atom is 0.290 e. The van der Waals surface area contributed by atoms with E-state index in [-0.39, 0.29) is 24.3 Å². The molecule has 0 bridgehead atoms. The minimum Gasteiger partial charge on any atom is -0.503 e. The topological polar surface area (TPSA) is 76.1 Å². The highest BCUT2D eigenvalue weighted by molar-refractivity contribution is 6.08. The summed E-state index contributed by atoms with van der Waals surface area (Å²) in [4.78, 5) is 26.3. The molecule has 142 valence electrons. The minimum atomic E-state index is -0.607. The Bertz CT molecular complexity index is 678. The summed E-state index contributed by atoms with van der Waals surface area (Å²) in [5.41, 5.74) is 0.914. The van der Waals surface area contributed by atoms with Gasteiger partial charge in [0.25, 0.3) is 5.91 Å². The second kappa shape index (κ2) is 8.85. The molecule has 2 rings (SSSR count). The monoisotopic (exact) mass is 361 g/mol. The van der Waals surface area contributed by atoms with Crippen LogP contribution in [0.5, 0.6) is 5.75 Å². The van der Waals surface area contributed by atoms with E-state index in [2.05, 4.69) is 13.8 Å². The Hall–Kier alpha value is -2.34. The summed E-state index contributed by atoms with van der Waals surface area (Å²) in [7, 11) is 1.54. The fraction of sp³-hybridized carbons (Fsp3) is 0.500. The average molecular weight is 361 g/mol. The lowest BCUT2D eigenvalue weighted by Gasteiger charge is -2.26. The second-order valence-corrected chi connectivity index (χ2v) is 6.71. The van der Waals surface area contributed by atoms with E-state index in [1.165, 1.54) is 4.90 Å². The van der Waals surface area contributed by atoms with Gasteiger partial charge in [0, 0.05) is 20.1 Å². The maximum absolute atomic E-state index is 12.5. The molecule has 0 saturated carbocycles. The number of hydrogen-bond donors (Lipinski definition) is 1. The van der Waals surface area contributed by atoms with E-state index in [4.69, 9.17) is 9.47 Å². The van der Waals surface area contributed by atoms with Crippen molar-refractivity contribution in [3.63, 3.8) is 0 Å². The third-order valence-corrected chi connectivity index (χ3v) is 4.24. The summed E-state index contributed by atoms with van der Waals surface area (Å²) < 4.78 is 10.8. The Morgan fingerprint density at radius 1 is 1.27 bits per heavy atom. The zero-order valence-electron chi connectivity index (χ0n) is 15.8. The number of rotatable bonds is 9. The molecule has 0 aromatic heterocycles. The number of Topliss-reactive ketones (excluding diaryl/α,β-unsaturated/α-hetero) is 1. The Morgan fingerprint density at radius 2 is 1.92 bits per heavy atom. The van der Waals surface area contributed by atoms with Gasteiger partial charge < -0.3 is 19.5 Å². The Kier molecular flexibility index (Phi) is 6.80. The molecular weight excluding hydrogens is 334 g/mol. The number of aliphatic hydroxyl groups excluding tert-OH is 1. The van der Waals surface area contributed by atoms with Gasteiger partial charge >= 0.3 is 0 Å². The Morgan fingerprint density at radius 3 is 2.46 bits per heavy atom.